The van der Waals surface area contributed by atoms with Crippen LogP contribution < -0.4 is 10.4 Å². The van der Waals surface area contributed by atoms with Crippen molar-refractivity contribution >= 4 is 17.8 Å². The fourth-order valence-corrected chi connectivity index (χ4v) is 3.26. The van der Waals surface area contributed by atoms with Gasteiger partial charge in [0.25, 0.3) is 0 Å². The summed E-state index contributed by atoms with van der Waals surface area (Å²) in [5.41, 5.74) is 3.22. The van der Waals surface area contributed by atoms with E-state index in [1.54, 1.807) is 13.8 Å². The molecule has 0 aliphatic heterocycles. The lowest BCUT2D eigenvalue weighted by Gasteiger charge is -2.22. The average molecular weight is 410 g/mol. The van der Waals surface area contributed by atoms with Crippen LogP contribution in [0.15, 0.2) is 54.6 Å². The van der Waals surface area contributed by atoms with Gasteiger partial charge in [-0.25, -0.2) is 0 Å². The summed E-state index contributed by atoms with van der Waals surface area (Å²) in [6.07, 6.45) is 0.434. The number of esters is 1. The van der Waals surface area contributed by atoms with E-state index in [4.69, 9.17) is 4.74 Å². The maximum atomic E-state index is 12.1. The van der Waals surface area contributed by atoms with Crippen molar-refractivity contribution in [2.75, 3.05) is 6.61 Å². The predicted octanol–water partition coefficient (Wildman–Crippen LogP) is 2.50. The highest BCUT2D eigenvalue weighted by atomic mass is 16.5. The Bertz CT molecular complexity index is 832. The van der Waals surface area contributed by atoms with Crippen molar-refractivity contribution in [1.82, 2.24) is 5.32 Å². The van der Waals surface area contributed by atoms with Crippen molar-refractivity contribution < 1.29 is 24.2 Å². The molecule has 0 fully saturated rings. The second kappa shape index (κ2) is 11.8. The van der Waals surface area contributed by atoms with Gasteiger partial charge in [-0.2, -0.15) is 0 Å². The van der Waals surface area contributed by atoms with Crippen LogP contribution in [0.25, 0.3) is 11.1 Å². The van der Waals surface area contributed by atoms with Gasteiger partial charge in [-0.15, -0.1) is 0 Å². The molecular weight excluding hydrogens is 382 g/mol. The summed E-state index contributed by atoms with van der Waals surface area (Å²) in [6, 6.07) is 17.7. The predicted molar refractivity (Wildman–Crippen MR) is 112 cm³/mol. The molecule has 0 aliphatic carbocycles. The fourth-order valence-electron chi connectivity index (χ4n) is 3.26. The number of aliphatic carboxylic acids is 1. The van der Waals surface area contributed by atoms with Crippen molar-refractivity contribution in [3.63, 3.8) is 0 Å². The number of hydrogen-bond acceptors (Lipinski definition) is 5. The number of amides is 1. The van der Waals surface area contributed by atoms with E-state index in [1.807, 2.05) is 54.6 Å². The second-order valence-electron chi connectivity index (χ2n) is 7.29. The van der Waals surface area contributed by atoms with E-state index in [0.29, 0.717) is 19.4 Å². The number of carbonyl (C=O) groups is 3. The molecule has 2 rings (SSSR count). The number of hydrogen-bond donors (Lipinski definition) is 1. The summed E-state index contributed by atoms with van der Waals surface area (Å²) in [6.45, 7) is 3.81. The summed E-state index contributed by atoms with van der Waals surface area (Å²) in [7, 11) is 0. The molecule has 30 heavy (non-hydrogen) atoms. The smallest absolute Gasteiger partial charge is 0.308 e. The molecule has 160 valence electrons. The summed E-state index contributed by atoms with van der Waals surface area (Å²) in [5, 5.41) is 13.5. The van der Waals surface area contributed by atoms with Crippen LogP contribution in [0.5, 0.6) is 0 Å². The molecule has 2 aromatic rings. The zero-order valence-electron chi connectivity index (χ0n) is 17.4. The van der Waals surface area contributed by atoms with Crippen molar-refractivity contribution in [3.05, 3.63) is 60.2 Å². The zero-order chi connectivity index (χ0) is 21.9. The first-order valence-electron chi connectivity index (χ1n) is 10.2. The van der Waals surface area contributed by atoms with Crippen LogP contribution in [-0.4, -0.2) is 30.5 Å². The van der Waals surface area contributed by atoms with Gasteiger partial charge in [0.1, 0.15) is 0 Å². The second-order valence-corrected chi connectivity index (χ2v) is 7.29. The van der Waals surface area contributed by atoms with Gasteiger partial charge in [-0.1, -0.05) is 61.5 Å². The van der Waals surface area contributed by atoms with E-state index < -0.39 is 5.97 Å². The molecule has 0 radical (unpaired) electrons. The van der Waals surface area contributed by atoms with Crippen LogP contribution in [0.4, 0.5) is 0 Å². The van der Waals surface area contributed by atoms with Crippen LogP contribution in [0.1, 0.15) is 38.7 Å². The van der Waals surface area contributed by atoms with Gasteiger partial charge in [0.2, 0.25) is 5.91 Å². The highest BCUT2D eigenvalue weighted by molar-refractivity contribution is 5.80. The van der Waals surface area contributed by atoms with Crippen molar-refractivity contribution in [2.24, 2.45) is 5.92 Å². The van der Waals surface area contributed by atoms with Crippen molar-refractivity contribution in [2.45, 2.75) is 45.6 Å². The van der Waals surface area contributed by atoms with Gasteiger partial charge >= 0.3 is 5.97 Å². The fraction of sp³-hybridized carbons (Fsp3) is 0.375. The molecule has 2 atom stereocenters. The van der Waals surface area contributed by atoms with Gasteiger partial charge in [-0.05, 0) is 42.9 Å². The Labute approximate surface area is 177 Å². The molecule has 0 spiro atoms. The minimum atomic E-state index is -1.27. The molecular formula is C24H28NO5-. The van der Waals surface area contributed by atoms with E-state index in [1.165, 1.54) is 0 Å². The van der Waals surface area contributed by atoms with Crippen LogP contribution in [-0.2, 0) is 25.5 Å². The Hall–Kier alpha value is -3.15. The summed E-state index contributed by atoms with van der Waals surface area (Å²) < 4.78 is 5.07. The first-order chi connectivity index (χ1) is 14.4. The molecule has 2 aromatic carbocycles. The monoisotopic (exact) mass is 410 g/mol. The third kappa shape index (κ3) is 7.70. The first kappa shape index (κ1) is 23.1. The maximum Gasteiger partial charge on any atom is 0.308 e. The van der Waals surface area contributed by atoms with Gasteiger partial charge in [0.05, 0.1) is 12.5 Å². The normalized spacial score (nSPS) is 12.6. The number of carbonyl (C=O) groups excluding carboxylic acids is 3. The number of carboxylic acids is 1. The molecule has 0 saturated heterocycles. The molecule has 0 aromatic heterocycles. The maximum absolute atomic E-state index is 12.1. The van der Waals surface area contributed by atoms with Crippen LogP contribution in [0, 0.1) is 5.92 Å². The number of rotatable bonds is 11. The van der Waals surface area contributed by atoms with Crippen molar-refractivity contribution in [1.29, 1.82) is 0 Å². The molecule has 0 saturated carbocycles. The van der Waals surface area contributed by atoms with Gasteiger partial charge in [-0.3, -0.25) is 9.59 Å². The summed E-state index contributed by atoms with van der Waals surface area (Å²) in [4.78, 5) is 34.8. The highest BCUT2D eigenvalue weighted by Crippen LogP contribution is 2.21. The first-order valence-corrected chi connectivity index (χ1v) is 10.2. The Morgan fingerprint density at radius 3 is 2.20 bits per heavy atom. The third-order valence-corrected chi connectivity index (χ3v) is 4.79. The lowest BCUT2D eigenvalue weighted by molar-refractivity contribution is -0.305. The summed E-state index contributed by atoms with van der Waals surface area (Å²) >= 11 is 0. The van der Waals surface area contributed by atoms with Crippen LogP contribution in [0.2, 0.25) is 0 Å². The number of benzene rings is 2. The molecule has 6 heteroatoms. The molecule has 0 heterocycles. The molecule has 1 unspecified atom stereocenters. The van der Waals surface area contributed by atoms with Gasteiger partial charge in [0, 0.05) is 18.4 Å². The van der Waals surface area contributed by atoms with E-state index in [9.17, 15) is 19.5 Å². The molecule has 1 N–H and O–H groups in total. The number of carboxylic acid groups (broad SMARTS) is 1. The standard InChI is InChI=1S/C24H29NO5/c1-3-30-24(29)17(2)15-21(25-22(26)13-14-23(27)28)16-18-9-11-20(12-10-18)19-7-5-4-6-8-19/h4-12,17,21H,3,13-16H2,1-2H3,(H,25,26)(H,27,28)/p-1/t17-,21?/m1/s1. The zero-order valence-corrected chi connectivity index (χ0v) is 17.4. The Morgan fingerprint density at radius 1 is 0.967 bits per heavy atom. The molecule has 1 amide bonds. The van der Waals surface area contributed by atoms with E-state index in [-0.39, 0.29) is 36.7 Å². The minimum absolute atomic E-state index is 0.153. The Kier molecular flexibility index (Phi) is 9.06. The number of nitrogens with one attached hydrogen (secondary N) is 1. The summed E-state index contributed by atoms with van der Waals surface area (Å²) in [5.74, 6) is -2.34. The lowest BCUT2D eigenvalue weighted by atomic mass is 9.94. The van der Waals surface area contributed by atoms with E-state index >= 15 is 0 Å². The van der Waals surface area contributed by atoms with E-state index in [0.717, 1.165) is 16.7 Å². The van der Waals surface area contributed by atoms with Gasteiger partial charge in [0.15, 0.2) is 0 Å². The molecule has 6 nitrogen and oxygen atoms in total. The van der Waals surface area contributed by atoms with Crippen LogP contribution >= 0.6 is 0 Å². The average Bonchev–Trinajstić information content (AvgIpc) is 2.73. The van der Waals surface area contributed by atoms with Gasteiger partial charge < -0.3 is 20.0 Å². The van der Waals surface area contributed by atoms with E-state index in [2.05, 4.69) is 5.32 Å². The van der Waals surface area contributed by atoms with Crippen molar-refractivity contribution in [3.8, 4) is 11.1 Å². The number of ether oxygens (including phenoxy) is 1. The minimum Gasteiger partial charge on any atom is -0.550 e. The van der Waals surface area contributed by atoms with Crippen LogP contribution in [0.3, 0.4) is 0 Å². The molecule has 0 aliphatic rings. The highest BCUT2D eigenvalue weighted by Gasteiger charge is 2.22. The Morgan fingerprint density at radius 2 is 1.60 bits per heavy atom. The quantitative estimate of drug-likeness (QED) is 0.574. The Balaban J connectivity index is 2.07. The molecule has 0 bridgehead atoms. The lowest BCUT2D eigenvalue weighted by Crippen LogP contribution is -2.39. The topological polar surface area (TPSA) is 95.5 Å². The third-order valence-electron chi connectivity index (χ3n) is 4.79. The SMILES string of the molecule is CCOC(=O)[C@H](C)CC(Cc1ccc(-c2ccccc2)cc1)NC(=O)CCC(=O)[O-]. The largest absolute Gasteiger partial charge is 0.550 e.